The van der Waals surface area contributed by atoms with Gasteiger partial charge in [-0.05, 0) is 54.6 Å². The van der Waals surface area contributed by atoms with Crippen LogP contribution in [0.2, 0.25) is 0 Å². The van der Waals surface area contributed by atoms with Crippen LogP contribution in [0.5, 0.6) is 5.75 Å². The highest BCUT2D eigenvalue weighted by Crippen LogP contribution is 2.27. The molecule has 2 N–H and O–H groups in total. The Bertz CT molecular complexity index is 1190. The number of amides is 1. The number of para-hydroxylation sites is 1. The molecule has 4 aromatic rings. The van der Waals surface area contributed by atoms with Crippen molar-refractivity contribution in [2.45, 2.75) is 6.36 Å². The summed E-state index contributed by atoms with van der Waals surface area (Å²) in [5.74, 6) is -0.247. The van der Waals surface area contributed by atoms with Crippen molar-refractivity contribution in [1.82, 2.24) is 20.0 Å². The van der Waals surface area contributed by atoms with E-state index in [2.05, 4.69) is 30.7 Å². The van der Waals surface area contributed by atoms with Crippen LogP contribution in [0.4, 0.5) is 30.4 Å². The predicted octanol–water partition coefficient (Wildman–Crippen LogP) is 4.56. The second-order valence-corrected chi connectivity index (χ2v) is 6.43. The smallest absolute Gasteiger partial charge is 0.405 e. The molecule has 0 unspecified atom stereocenters. The number of halogens is 3. The summed E-state index contributed by atoms with van der Waals surface area (Å²) >= 11 is 0. The maximum Gasteiger partial charge on any atom is 0.573 e. The molecule has 2 heterocycles. The number of rotatable bonds is 6. The van der Waals surface area contributed by atoms with Crippen molar-refractivity contribution >= 4 is 23.1 Å². The molecule has 0 saturated carbocycles. The Balaban J connectivity index is 1.41. The van der Waals surface area contributed by atoms with E-state index in [1.807, 2.05) is 0 Å². The Hall–Kier alpha value is -4.41. The third-order valence-corrected chi connectivity index (χ3v) is 4.16. The molecule has 0 spiro atoms. The Morgan fingerprint density at radius 2 is 1.66 bits per heavy atom. The van der Waals surface area contributed by atoms with Crippen molar-refractivity contribution in [2.24, 2.45) is 0 Å². The third kappa shape index (κ3) is 5.19. The van der Waals surface area contributed by atoms with Crippen molar-refractivity contribution in [2.75, 3.05) is 10.6 Å². The minimum absolute atomic E-state index is 0.237. The molecule has 2 aromatic heterocycles. The van der Waals surface area contributed by atoms with Crippen molar-refractivity contribution in [1.29, 1.82) is 0 Å². The van der Waals surface area contributed by atoms with Crippen LogP contribution in [0.3, 0.4) is 0 Å². The number of benzene rings is 2. The predicted molar refractivity (Wildman–Crippen MR) is 110 cm³/mol. The summed E-state index contributed by atoms with van der Waals surface area (Å²) < 4.78 is 43.2. The van der Waals surface area contributed by atoms with Gasteiger partial charge in [0.1, 0.15) is 5.75 Å². The normalized spacial score (nSPS) is 11.1. The quantitative estimate of drug-likeness (QED) is 0.457. The molecule has 8 nitrogen and oxygen atoms in total. The van der Waals surface area contributed by atoms with Crippen molar-refractivity contribution in [3.63, 3.8) is 0 Å². The number of alkyl halides is 3. The lowest BCUT2D eigenvalue weighted by atomic mass is 10.2. The van der Waals surface area contributed by atoms with Gasteiger partial charge in [-0.15, -0.1) is 23.4 Å². The topological polar surface area (TPSA) is 94.0 Å². The van der Waals surface area contributed by atoms with E-state index in [9.17, 15) is 18.0 Å². The summed E-state index contributed by atoms with van der Waals surface area (Å²) in [5, 5.41) is 17.8. The number of nitrogens with one attached hydrogen (secondary N) is 2. The lowest BCUT2D eigenvalue weighted by Gasteiger charge is -2.13. The highest BCUT2D eigenvalue weighted by molar-refractivity contribution is 6.06. The summed E-state index contributed by atoms with van der Waals surface area (Å²) in [6, 6.07) is 16.9. The first-order valence-electron chi connectivity index (χ1n) is 9.24. The van der Waals surface area contributed by atoms with Gasteiger partial charge in [-0.1, -0.05) is 12.1 Å². The van der Waals surface area contributed by atoms with Crippen LogP contribution in [0.15, 0.2) is 79.1 Å². The van der Waals surface area contributed by atoms with Gasteiger partial charge in [0.25, 0.3) is 5.91 Å². The van der Waals surface area contributed by atoms with E-state index in [0.29, 0.717) is 23.0 Å². The number of hydrogen-bond donors (Lipinski definition) is 2. The number of anilines is 3. The molecule has 0 aliphatic heterocycles. The monoisotopic (exact) mass is 440 g/mol. The van der Waals surface area contributed by atoms with Crippen LogP contribution in [0.25, 0.3) is 5.82 Å². The largest absolute Gasteiger partial charge is 0.573 e. The van der Waals surface area contributed by atoms with Gasteiger partial charge in [0.05, 0.1) is 5.56 Å². The van der Waals surface area contributed by atoms with E-state index in [4.69, 9.17) is 0 Å². The number of aromatic nitrogens is 4. The van der Waals surface area contributed by atoms with Crippen LogP contribution < -0.4 is 15.4 Å². The maximum absolute atomic E-state index is 12.6. The molecule has 0 fully saturated rings. The highest BCUT2D eigenvalue weighted by Gasteiger charge is 2.32. The molecule has 11 heteroatoms. The molecule has 0 saturated heterocycles. The van der Waals surface area contributed by atoms with E-state index in [1.54, 1.807) is 59.5 Å². The van der Waals surface area contributed by atoms with Gasteiger partial charge < -0.3 is 15.4 Å². The van der Waals surface area contributed by atoms with E-state index < -0.39 is 18.0 Å². The number of hydrogen-bond acceptors (Lipinski definition) is 6. The molecule has 0 aliphatic rings. The zero-order valence-electron chi connectivity index (χ0n) is 16.2. The Morgan fingerprint density at radius 1 is 0.906 bits per heavy atom. The molecule has 0 bridgehead atoms. The molecule has 0 radical (unpaired) electrons. The van der Waals surface area contributed by atoms with E-state index in [0.717, 1.165) is 6.07 Å². The zero-order valence-corrected chi connectivity index (χ0v) is 16.2. The first kappa shape index (κ1) is 20.8. The lowest BCUT2D eigenvalue weighted by Crippen LogP contribution is -2.20. The summed E-state index contributed by atoms with van der Waals surface area (Å²) in [6.45, 7) is 0. The van der Waals surface area contributed by atoms with Gasteiger partial charge in [-0.25, -0.2) is 4.68 Å². The summed E-state index contributed by atoms with van der Waals surface area (Å²) in [5.41, 5.74) is 0.826. The maximum atomic E-state index is 12.6. The number of carbonyl (C=O) groups excluding carboxylic acids is 1. The minimum Gasteiger partial charge on any atom is -0.405 e. The first-order chi connectivity index (χ1) is 15.4. The van der Waals surface area contributed by atoms with E-state index >= 15 is 0 Å². The molecule has 162 valence electrons. The molecule has 1 amide bonds. The van der Waals surface area contributed by atoms with Gasteiger partial charge in [0.2, 0.25) is 0 Å². The molecule has 0 atom stereocenters. The fourth-order valence-electron chi connectivity index (χ4n) is 2.77. The average molecular weight is 440 g/mol. The van der Waals surface area contributed by atoms with Gasteiger partial charge in [-0.2, -0.15) is 5.10 Å². The van der Waals surface area contributed by atoms with Crippen LogP contribution >= 0.6 is 0 Å². The standard InChI is InChI=1S/C21H15F3N6O2/c22-21(23,24)32-17-5-2-1-4-16(17)20(31)27-15-8-6-14(7-9-15)26-18-10-11-19(29-28-18)30-13-3-12-25-30/h1-13H,(H,26,28)(H,27,31). The van der Waals surface area contributed by atoms with Gasteiger partial charge in [0, 0.05) is 23.8 Å². The third-order valence-electron chi connectivity index (χ3n) is 4.16. The van der Waals surface area contributed by atoms with Crippen molar-refractivity contribution < 1.29 is 22.7 Å². The van der Waals surface area contributed by atoms with Crippen molar-refractivity contribution in [3.05, 3.63) is 84.7 Å². The van der Waals surface area contributed by atoms with Crippen molar-refractivity contribution in [3.8, 4) is 11.6 Å². The molecule has 4 rings (SSSR count). The summed E-state index contributed by atoms with van der Waals surface area (Å²) in [4.78, 5) is 12.4. The van der Waals surface area contributed by atoms with Crippen LogP contribution in [0.1, 0.15) is 10.4 Å². The van der Waals surface area contributed by atoms with Gasteiger partial charge in [-0.3, -0.25) is 4.79 Å². The Labute approximate surface area is 179 Å². The number of ether oxygens (including phenoxy) is 1. The van der Waals surface area contributed by atoms with Crippen LogP contribution in [-0.4, -0.2) is 32.2 Å². The van der Waals surface area contributed by atoms with Crippen LogP contribution in [0, 0.1) is 0 Å². The Kier molecular flexibility index (Phi) is 5.71. The summed E-state index contributed by atoms with van der Waals surface area (Å²) in [6.07, 6.45) is -1.52. The number of carbonyl (C=O) groups is 1. The molecular formula is C21H15F3N6O2. The molecule has 2 aromatic carbocycles. The Morgan fingerprint density at radius 3 is 2.31 bits per heavy atom. The molecule has 32 heavy (non-hydrogen) atoms. The van der Waals surface area contributed by atoms with E-state index in [1.165, 1.54) is 18.2 Å². The lowest BCUT2D eigenvalue weighted by molar-refractivity contribution is -0.274. The molecular weight excluding hydrogens is 425 g/mol. The molecule has 0 aliphatic carbocycles. The number of nitrogens with zero attached hydrogens (tertiary/aromatic N) is 4. The summed E-state index contributed by atoms with van der Waals surface area (Å²) in [7, 11) is 0. The fourth-order valence-corrected chi connectivity index (χ4v) is 2.77. The second kappa shape index (κ2) is 8.76. The average Bonchev–Trinajstić information content (AvgIpc) is 3.30. The van der Waals surface area contributed by atoms with Gasteiger partial charge in [0.15, 0.2) is 11.6 Å². The SMILES string of the molecule is O=C(Nc1ccc(Nc2ccc(-n3cccn3)nn2)cc1)c1ccccc1OC(F)(F)F. The highest BCUT2D eigenvalue weighted by atomic mass is 19.4. The fraction of sp³-hybridized carbons (Fsp3) is 0.0476. The van der Waals surface area contributed by atoms with Gasteiger partial charge >= 0.3 is 6.36 Å². The van der Waals surface area contributed by atoms with Crippen LogP contribution in [-0.2, 0) is 0 Å². The zero-order chi connectivity index (χ0) is 22.6. The minimum atomic E-state index is -4.90. The second-order valence-electron chi connectivity index (χ2n) is 6.43. The first-order valence-corrected chi connectivity index (χ1v) is 9.24. The van der Waals surface area contributed by atoms with E-state index in [-0.39, 0.29) is 5.56 Å².